The third kappa shape index (κ3) is 20.0. The highest BCUT2D eigenvalue weighted by Gasteiger charge is 2.20. The Hall–Kier alpha value is -0.260. The molecule has 0 rings (SSSR count). The summed E-state index contributed by atoms with van der Waals surface area (Å²) >= 11 is 0. The molecule has 0 saturated heterocycles. The van der Waals surface area contributed by atoms with Gasteiger partial charge in [-0.1, -0.05) is 52.7 Å². The molecule has 0 bridgehead atoms. The number of allylic oxidation sites excluding steroid dienone is 2. The van der Waals surface area contributed by atoms with Gasteiger partial charge in [-0.2, -0.15) is 0 Å². The summed E-state index contributed by atoms with van der Waals surface area (Å²) in [4.78, 5) is 0. The fourth-order valence-electron chi connectivity index (χ4n) is 1.59. The van der Waals surface area contributed by atoms with Crippen molar-refractivity contribution < 1.29 is 0 Å². The third-order valence-corrected chi connectivity index (χ3v) is 2.06. The van der Waals surface area contributed by atoms with E-state index in [-0.39, 0.29) is 0 Å². The first-order valence-corrected chi connectivity index (χ1v) is 5.96. The minimum absolute atomic E-state index is 0.484. The predicted molar refractivity (Wildman–Crippen MR) is 73.2 cm³/mol. The lowest BCUT2D eigenvalue weighted by atomic mass is 9.78. The first-order valence-electron chi connectivity index (χ1n) is 5.96. The van der Waals surface area contributed by atoms with E-state index in [1.807, 2.05) is 0 Å². The molecule has 0 N–H and O–H groups in total. The van der Waals surface area contributed by atoms with Crippen molar-refractivity contribution in [2.24, 2.45) is 10.8 Å². The van der Waals surface area contributed by atoms with Gasteiger partial charge in [-0.25, -0.2) is 0 Å². The Bertz CT molecular complexity index is 163. The van der Waals surface area contributed by atoms with Crippen molar-refractivity contribution in [2.75, 3.05) is 0 Å². The van der Waals surface area contributed by atoms with Crippen LogP contribution in [0.5, 0.6) is 0 Å². The smallest absolute Gasteiger partial charge is 0.0378 e. The van der Waals surface area contributed by atoms with Gasteiger partial charge in [0.25, 0.3) is 0 Å². The highest BCUT2D eigenvalue weighted by molar-refractivity contribution is 5.02. The van der Waals surface area contributed by atoms with E-state index in [9.17, 15) is 0 Å². The lowest BCUT2D eigenvalue weighted by Gasteiger charge is -2.28. The molecule has 0 heterocycles. The van der Waals surface area contributed by atoms with Crippen LogP contribution in [0.15, 0.2) is 11.1 Å². The summed E-state index contributed by atoms with van der Waals surface area (Å²) in [5.74, 6) is 0. The van der Waals surface area contributed by atoms with E-state index in [1.165, 1.54) is 17.6 Å². The molecular weight excluding hydrogens is 180 g/mol. The number of rotatable bonds is 0. The molecule has 92 valence electrons. The van der Waals surface area contributed by atoms with Crippen molar-refractivity contribution in [1.82, 2.24) is 0 Å². The molecule has 0 nitrogen and oxygen atoms in total. The maximum Gasteiger partial charge on any atom is -0.0378 e. The highest BCUT2D eigenvalue weighted by atomic mass is 14.3. The Morgan fingerprint density at radius 2 is 0.800 bits per heavy atom. The molecule has 0 saturated carbocycles. The lowest BCUT2D eigenvalue weighted by Crippen LogP contribution is -2.16. The number of hydrogen-bond donors (Lipinski definition) is 0. The van der Waals surface area contributed by atoms with Crippen molar-refractivity contribution in [1.29, 1.82) is 0 Å². The summed E-state index contributed by atoms with van der Waals surface area (Å²) in [7, 11) is 0. The largest absolute Gasteiger partial charge is 0.0778 e. The van der Waals surface area contributed by atoms with E-state index in [0.29, 0.717) is 10.8 Å². The van der Waals surface area contributed by atoms with E-state index < -0.39 is 0 Å². The molecule has 0 aromatic heterocycles. The van der Waals surface area contributed by atoms with Gasteiger partial charge in [0.05, 0.1) is 0 Å². The zero-order valence-electron chi connectivity index (χ0n) is 12.7. The van der Waals surface area contributed by atoms with Crippen LogP contribution < -0.4 is 0 Å². The Labute approximate surface area is 98.2 Å². The summed E-state index contributed by atoms with van der Waals surface area (Å²) in [5.41, 5.74) is 3.82. The quantitative estimate of drug-likeness (QED) is 0.443. The van der Waals surface area contributed by atoms with Gasteiger partial charge in [0.15, 0.2) is 0 Å². The van der Waals surface area contributed by atoms with Crippen LogP contribution in [0.4, 0.5) is 0 Å². The molecule has 0 unspecified atom stereocenters. The van der Waals surface area contributed by atoms with Crippen LogP contribution in [0.1, 0.15) is 75.7 Å². The standard InChI is InChI=1S/C9H20.C6H12/c1-8(2,3)7-9(4,5)6;1-5(2)6(3)4/h7H2,1-6H3;1-4H3. The second-order valence-electron chi connectivity index (χ2n) is 7.30. The molecule has 0 amide bonds. The maximum absolute atomic E-state index is 2.29. The zero-order chi connectivity index (χ0) is 12.9. The van der Waals surface area contributed by atoms with Gasteiger partial charge in [0.2, 0.25) is 0 Å². The van der Waals surface area contributed by atoms with Crippen molar-refractivity contribution >= 4 is 0 Å². The topological polar surface area (TPSA) is 0 Å². The van der Waals surface area contributed by atoms with Gasteiger partial charge >= 0.3 is 0 Å². The van der Waals surface area contributed by atoms with Crippen LogP contribution in [-0.2, 0) is 0 Å². The molecule has 0 aromatic carbocycles. The Morgan fingerprint density at radius 1 is 0.600 bits per heavy atom. The van der Waals surface area contributed by atoms with Crippen LogP contribution in [0.25, 0.3) is 0 Å². The molecule has 15 heavy (non-hydrogen) atoms. The van der Waals surface area contributed by atoms with Crippen molar-refractivity contribution in [3.05, 3.63) is 11.1 Å². The molecule has 0 aliphatic heterocycles. The minimum Gasteiger partial charge on any atom is -0.0778 e. The van der Waals surface area contributed by atoms with E-state index in [4.69, 9.17) is 0 Å². The summed E-state index contributed by atoms with van der Waals surface area (Å²) in [6.07, 6.45) is 1.29. The maximum atomic E-state index is 2.29. The van der Waals surface area contributed by atoms with Crippen LogP contribution in [0.2, 0.25) is 0 Å². The SMILES string of the molecule is CC(C)(C)CC(C)(C)C.CC(C)=C(C)C. The zero-order valence-corrected chi connectivity index (χ0v) is 12.7. The predicted octanol–water partition coefficient (Wildman–Crippen LogP) is 5.83. The summed E-state index contributed by atoms with van der Waals surface area (Å²) < 4.78 is 0. The van der Waals surface area contributed by atoms with Gasteiger partial charge < -0.3 is 0 Å². The molecule has 0 aliphatic carbocycles. The second kappa shape index (κ2) is 6.35. The monoisotopic (exact) mass is 212 g/mol. The molecule has 0 fully saturated rings. The first-order chi connectivity index (χ1) is 6.35. The summed E-state index contributed by atoms with van der Waals surface area (Å²) in [6, 6.07) is 0. The Kier molecular flexibility index (Phi) is 7.26. The van der Waals surface area contributed by atoms with E-state index in [2.05, 4.69) is 69.2 Å². The van der Waals surface area contributed by atoms with Gasteiger partial charge in [-0.05, 0) is 44.9 Å². The van der Waals surface area contributed by atoms with E-state index in [0.717, 1.165) is 0 Å². The first kappa shape index (κ1) is 17.1. The molecule has 0 aromatic rings. The number of hydrogen-bond acceptors (Lipinski definition) is 0. The van der Waals surface area contributed by atoms with E-state index >= 15 is 0 Å². The normalized spacial score (nSPS) is 11.6. The lowest BCUT2D eigenvalue weighted by molar-refractivity contribution is 0.233. The Balaban J connectivity index is 0. The van der Waals surface area contributed by atoms with Crippen molar-refractivity contribution in [2.45, 2.75) is 75.7 Å². The molecule has 0 spiro atoms. The van der Waals surface area contributed by atoms with E-state index in [1.54, 1.807) is 0 Å². The Morgan fingerprint density at radius 3 is 0.800 bits per heavy atom. The van der Waals surface area contributed by atoms with Gasteiger partial charge in [-0.3, -0.25) is 0 Å². The van der Waals surface area contributed by atoms with Crippen LogP contribution in [0.3, 0.4) is 0 Å². The summed E-state index contributed by atoms with van der Waals surface area (Å²) in [5, 5.41) is 0. The molecular formula is C15H32. The van der Waals surface area contributed by atoms with Crippen molar-refractivity contribution in [3.8, 4) is 0 Å². The third-order valence-electron chi connectivity index (χ3n) is 2.06. The average molecular weight is 212 g/mol. The fourth-order valence-corrected chi connectivity index (χ4v) is 1.59. The van der Waals surface area contributed by atoms with Gasteiger partial charge in [0, 0.05) is 0 Å². The molecule has 0 aliphatic rings. The molecule has 0 atom stereocenters. The van der Waals surface area contributed by atoms with Crippen LogP contribution >= 0.6 is 0 Å². The van der Waals surface area contributed by atoms with Crippen LogP contribution in [0, 0.1) is 10.8 Å². The fraction of sp³-hybridized carbons (Fsp3) is 0.867. The highest BCUT2D eigenvalue weighted by Crippen LogP contribution is 2.31. The molecule has 0 radical (unpaired) electrons. The second-order valence-corrected chi connectivity index (χ2v) is 7.30. The summed E-state index contributed by atoms with van der Waals surface area (Å²) in [6.45, 7) is 22.2. The minimum atomic E-state index is 0.484. The van der Waals surface area contributed by atoms with Gasteiger partial charge in [-0.15, -0.1) is 0 Å². The van der Waals surface area contributed by atoms with Crippen LogP contribution in [-0.4, -0.2) is 0 Å². The average Bonchev–Trinajstić information content (AvgIpc) is 1.78. The molecule has 0 heteroatoms. The van der Waals surface area contributed by atoms with Crippen molar-refractivity contribution in [3.63, 3.8) is 0 Å². The van der Waals surface area contributed by atoms with Gasteiger partial charge in [0.1, 0.15) is 0 Å².